The van der Waals surface area contributed by atoms with Crippen LogP contribution in [0.15, 0.2) is 42.6 Å². The zero-order valence-corrected chi connectivity index (χ0v) is 16.8. The molecule has 2 N–H and O–H groups in total. The van der Waals surface area contributed by atoms with Crippen molar-refractivity contribution in [3.8, 4) is 0 Å². The number of anilines is 3. The van der Waals surface area contributed by atoms with E-state index in [-0.39, 0.29) is 11.7 Å². The Hall–Kier alpha value is -2.97. The minimum Gasteiger partial charge on any atom is -0.383 e. The Kier molecular flexibility index (Phi) is 5.96. The number of rotatable bonds is 6. The van der Waals surface area contributed by atoms with E-state index in [0.717, 1.165) is 32.7 Å². The van der Waals surface area contributed by atoms with Crippen molar-refractivity contribution in [3.63, 3.8) is 0 Å². The highest BCUT2D eigenvalue weighted by Crippen LogP contribution is 2.32. The molecule has 1 fully saturated rings. The molecule has 30 heavy (non-hydrogen) atoms. The summed E-state index contributed by atoms with van der Waals surface area (Å²) >= 11 is 0. The molecule has 0 bridgehead atoms. The third-order valence-electron chi connectivity index (χ3n) is 5.42. The topological polar surface area (TPSA) is 56.8 Å². The molecule has 2 heterocycles. The van der Waals surface area contributed by atoms with Crippen LogP contribution in [0.25, 0.3) is 5.57 Å². The van der Waals surface area contributed by atoms with Gasteiger partial charge in [0.05, 0.1) is 23.6 Å². The van der Waals surface area contributed by atoms with Crippen LogP contribution in [0.1, 0.15) is 5.56 Å². The first-order valence-electron chi connectivity index (χ1n) is 9.89. The number of hydrogen-bond donors (Lipinski definition) is 2. The Balaban J connectivity index is 1.42. The number of piperazine rings is 1. The Bertz CT molecular complexity index is 972. The van der Waals surface area contributed by atoms with E-state index in [1.807, 2.05) is 4.90 Å². The van der Waals surface area contributed by atoms with Gasteiger partial charge >= 0.3 is 0 Å². The average molecular weight is 414 g/mol. The number of nitrogens with zero attached hydrogens (tertiary/aromatic N) is 2. The minimum atomic E-state index is -0.416. The Morgan fingerprint density at radius 1 is 1.13 bits per heavy atom. The smallest absolute Gasteiger partial charge is 0.257 e. The summed E-state index contributed by atoms with van der Waals surface area (Å²) in [5.41, 5.74) is 2.52. The van der Waals surface area contributed by atoms with Crippen LogP contribution in [0.3, 0.4) is 0 Å². The molecule has 1 saturated heterocycles. The summed E-state index contributed by atoms with van der Waals surface area (Å²) in [6, 6.07) is 9.08. The van der Waals surface area contributed by atoms with Gasteiger partial charge in [0.15, 0.2) is 0 Å². The van der Waals surface area contributed by atoms with Crippen molar-refractivity contribution in [1.82, 2.24) is 4.90 Å². The van der Waals surface area contributed by atoms with Gasteiger partial charge in [-0.05, 0) is 36.4 Å². The fourth-order valence-electron chi connectivity index (χ4n) is 3.75. The summed E-state index contributed by atoms with van der Waals surface area (Å²) in [4.78, 5) is 16.5. The summed E-state index contributed by atoms with van der Waals surface area (Å²) in [6.45, 7) is 4.82. The lowest BCUT2D eigenvalue weighted by molar-refractivity contribution is -0.110. The first-order chi connectivity index (χ1) is 14.5. The van der Waals surface area contributed by atoms with Crippen LogP contribution in [0.5, 0.6) is 0 Å². The van der Waals surface area contributed by atoms with E-state index in [4.69, 9.17) is 4.74 Å². The van der Waals surface area contributed by atoms with E-state index < -0.39 is 5.82 Å². The summed E-state index contributed by atoms with van der Waals surface area (Å²) in [6.07, 6.45) is 1.52. The van der Waals surface area contributed by atoms with E-state index in [1.165, 1.54) is 24.4 Å². The molecule has 2 aromatic rings. The molecule has 0 saturated carbocycles. The standard InChI is InChI=1S/C22H24F2N4O2/c1-30-11-10-27-6-8-28(9-7-27)21-5-3-16(13-19(21)24)25-14-18-17-4-2-15(23)12-20(17)26-22(18)29/h2-5,12-14,25H,6-11H2,1H3,(H,26,29)/b18-14+. The number of benzene rings is 2. The second-order valence-electron chi connectivity index (χ2n) is 7.33. The Morgan fingerprint density at radius 2 is 1.93 bits per heavy atom. The molecule has 2 aromatic carbocycles. The zero-order valence-electron chi connectivity index (χ0n) is 16.8. The number of halogens is 2. The Morgan fingerprint density at radius 3 is 2.67 bits per heavy atom. The third kappa shape index (κ3) is 4.29. The highest BCUT2D eigenvalue weighted by molar-refractivity contribution is 6.31. The van der Waals surface area contributed by atoms with Gasteiger partial charge < -0.3 is 20.3 Å². The molecular weight excluding hydrogens is 390 g/mol. The van der Waals surface area contributed by atoms with E-state index >= 15 is 0 Å². The highest BCUT2D eigenvalue weighted by Gasteiger charge is 2.24. The number of carbonyl (C=O) groups excluding carboxylic acids is 1. The molecule has 2 aliphatic rings. The van der Waals surface area contributed by atoms with Crippen LogP contribution in [0.4, 0.5) is 25.8 Å². The van der Waals surface area contributed by atoms with E-state index in [9.17, 15) is 13.6 Å². The van der Waals surface area contributed by atoms with Crippen molar-refractivity contribution in [3.05, 3.63) is 59.8 Å². The normalized spacial score (nSPS) is 17.9. The second-order valence-corrected chi connectivity index (χ2v) is 7.33. The molecule has 0 spiro atoms. The number of carbonyl (C=O) groups is 1. The van der Waals surface area contributed by atoms with Crippen LogP contribution in [0.2, 0.25) is 0 Å². The molecule has 6 nitrogen and oxygen atoms in total. The van der Waals surface area contributed by atoms with Crippen LogP contribution < -0.4 is 15.5 Å². The van der Waals surface area contributed by atoms with Gasteiger partial charge in [0.1, 0.15) is 11.6 Å². The minimum absolute atomic E-state index is 0.318. The first-order valence-corrected chi connectivity index (χ1v) is 9.89. The lowest BCUT2D eigenvalue weighted by atomic mass is 10.1. The van der Waals surface area contributed by atoms with Crippen LogP contribution in [-0.2, 0) is 9.53 Å². The van der Waals surface area contributed by atoms with E-state index in [1.54, 1.807) is 25.3 Å². The van der Waals surface area contributed by atoms with E-state index in [0.29, 0.717) is 34.8 Å². The molecule has 2 aliphatic heterocycles. The van der Waals surface area contributed by atoms with Gasteiger partial charge in [0.2, 0.25) is 0 Å². The van der Waals surface area contributed by atoms with Gasteiger partial charge in [-0.1, -0.05) is 0 Å². The van der Waals surface area contributed by atoms with Gasteiger partial charge in [-0.2, -0.15) is 0 Å². The van der Waals surface area contributed by atoms with Gasteiger partial charge in [-0.25, -0.2) is 8.78 Å². The number of hydrogen-bond acceptors (Lipinski definition) is 5. The van der Waals surface area contributed by atoms with Crippen molar-refractivity contribution in [2.24, 2.45) is 0 Å². The van der Waals surface area contributed by atoms with Crippen molar-refractivity contribution in [2.75, 3.05) is 62.0 Å². The fraction of sp³-hybridized carbons (Fsp3) is 0.318. The molecular formula is C22H24F2N4O2. The zero-order chi connectivity index (χ0) is 21.1. The van der Waals surface area contributed by atoms with Crippen molar-refractivity contribution < 1.29 is 18.3 Å². The molecule has 4 rings (SSSR count). The van der Waals surface area contributed by atoms with Crippen molar-refractivity contribution in [1.29, 1.82) is 0 Å². The monoisotopic (exact) mass is 414 g/mol. The number of amides is 1. The molecule has 1 amide bonds. The van der Waals surface area contributed by atoms with Crippen molar-refractivity contribution >= 4 is 28.5 Å². The number of nitrogens with one attached hydrogen (secondary N) is 2. The van der Waals surface area contributed by atoms with E-state index in [2.05, 4.69) is 15.5 Å². The van der Waals surface area contributed by atoms with Gasteiger partial charge in [0.25, 0.3) is 5.91 Å². The SMILES string of the molecule is COCCN1CCN(c2ccc(N/C=C3/C(=O)Nc4cc(F)ccc43)cc2F)CC1. The number of fused-ring (bicyclic) bond motifs is 1. The maximum atomic E-state index is 14.7. The summed E-state index contributed by atoms with van der Waals surface area (Å²) in [5.74, 6) is -1.06. The first kappa shape index (κ1) is 20.3. The van der Waals surface area contributed by atoms with Gasteiger partial charge in [0, 0.05) is 57.3 Å². The largest absolute Gasteiger partial charge is 0.383 e. The predicted molar refractivity (Wildman–Crippen MR) is 114 cm³/mol. The molecule has 8 heteroatoms. The maximum absolute atomic E-state index is 14.7. The average Bonchev–Trinajstić information content (AvgIpc) is 3.05. The van der Waals surface area contributed by atoms with Crippen LogP contribution in [-0.4, -0.2) is 57.2 Å². The summed E-state index contributed by atoms with van der Waals surface area (Å²) < 4.78 is 33.2. The summed E-state index contributed by atoms with van der Waals surface area (Å²) in [5, 5.41) is 5.60. The highest BCUT2D eigenvalue weighted by atomic mass is 19.1. The van der Waals surface area contributed by atoms with Crippen LogP contribution >= 0.6 is 0 Å². The molecule has 0 aliphatic carbocycles. The van der Waals surface area contributed by atoms with Crippen molar-refractivity contribution in [2.45, 2.75) is 0 Å². The molecule has 158 valence electrons. The maximum Gasteiger partial charge on any atom is 0.257 e. The molecule has 0 atom stereocenters. The van der Waals surface area contributed by atoms with Gasteiger partial charge in [-0.15, -0.1) is 0 Å². The lowest BCUT2D eigenvalue weighted by Gasteiger charge is -2.36. The summed E-state index contributed by atoms with van der Waals surface area (Å²) in [7, 11) is 1.69. The van der Waals surface area contributed by atoms with Gasteiger partial charge in [-0.3, -0.25) is 9.69 Å². The third-order valence-corrected chi connectivity index (χ3v) is 5.42. The predicted octanol–water partition coefficient (Wildman–Crippen LogP) is 3.14. The second kappa shape index (κ2) is 8.81. The molecule has 0 aromatic heterocycles. The molecule has 0 unspecified atom stereocenters. The number of methoxy groups -OCH3 is 1. The Labute approximate surface area is 174 Å². The fourth-order valence-corrected chi connectivity index (χ4v) is 3.75. The van der Waals surface area contributed by atoms with Crippen LogP contribution in [0, 0.1) is 11.6 Å². The lowest BCUT2D eigenvalue weighted by Crippen LogP contribution is -2.47. The quantitative estimate of drug-likeness (QED) is 0.712. The molecule has 0 radical (unpaired) electrons. The number of ether oxygens (including phenoxy) is 1.